The minimum atomic E-state index is -1.12. The number of carbonyl (C=O) groups excluding carboxylic acids is 4. The number of carboxylic acid groups (broad SMARTS) is 1. The number of fused-ring (bicyclic) bond motifs is 1. The Morgan fingerprint density at radius 1 is 0.886 bits per heavy atom. The second-order valence-corrected chi connectivity index (χ2v) is 12.0. The molecule has 0 fully saturated rings. The van der Waals surface area contributed by atoms with E-state index in [-0.39, 0.29) is 36.3 Å². The SMILES string of the molecule is CC1(C)C(=O)c2ccc(NC(=O)C(Cc3ccc(C(=O)NCCC(=O)O)cc3)c3ccc(C4=CCCCC4)cc3)cc2C1=O. The van der Waals surface area contributed by atoms with Crippen LogP contribution in [0, 0.1) is 5.41 Å². The molecule has 0 saturated carbocycles. The molecule has 0 bridgehead atoms. The third-order valence-electron chi connectivity index (χ3n) is 8.48. The summed E-state index contributed by atoms with van der Waals surface area (Å²) < 4.78 is 0. The maximum Gasteiger partial charge on any atom is 0.305 e. The van der Waals surface area contributed by atoms with Crippen LogP contribution in [-0.4, -0.2) is 41.0 Å². The summed E-state index contributed by atoms with van der Waals surface area (Å²) in [5.41, 5.74) is 4.53. The summed E-state index contributed by atoms with van der Waals surface area (Å²) >= 11 is 0. The van der Waals surface area contributed by atoms with Crippen molar-refractivity contribution in [1.29, 1.82) is 0 Å². The van der Waals surface area contributed by atoms with Gasteiger partial charge in [0.25, 0.3) is 5.91 Å². The van der Waals surface area contributed by atoms with Gasteiger partial charge in [-0.15, -0.1) is 0 Å². The van der Waals surface area contributed by atoms with Gasteiger partial charge in [-0.1, -0.05) is 42.5 Å². The van der Waals surface area contributed by atoms with Crippen LogP contribution in [0.2, 0.25) is 0 Å². The number of carboxylic acids is 1. The van der Waals surface area contributed by atoms with Crippen molar-refractivity contribution in [3.05, 3.63) is 106 Å². The van der Waals surface area contributed by atoms with Crippen molar-refractivity contribution >= 4 is 40.6 Å². The Morgan fingerprint density at radius 2 is 1.59 bits per heavy atom. The van der Waals surface area contributed by atoms with Crippen molar-refractivity contribution in [3.63, 3.8) is 0 Å². The summed E-state index contributed by atoms with van der Waals surface area (Å²) in [6.45, 7) is 3.26. The van der Waals surface area contributed by atoms with E-state index in [1.54, 1.807) is 56.3 Å². The van der Waals surface area contributed by atoms with E-state index in [9.17, 15) is 24.0 Å². The molecule has 5 rings (SSSR count). The molecule has 0 spiro atoms. The van der Waals surface area contributed by atoms with Gasteiger partial charge in [0.1, 0.15) is 0 Å². The number of allylic oxidation sites excluding steroid dienone is 2. The first-order valence-corrected chi connectivity index (χ1v) is 15.0. The fourth-order valence-electron chi connectivity index (χ4n) is 5.82. The van der Waals surface area contributed by atoms with E-state index in [0.717, 1.165) is 36.0 Å². The number of nitrogens with one attached hydrogen (secondary N) is 2. The van der Waals surface area contributed by atoms with Crippen molar-refractivity contribution in [2.24, 2.45) is 5.41 Å². The first kappa shape index (κ1) is 30.6. The summed E-state index contributed by atoms with van der Waals surface area (Å²) in [6, 6.07) is 19.8. The number of hydrogen-bond donors (Lipinski definition) is 3. The van der Waals surface area contributed by atoms with Crippen LogP contribution in [0.5, 0.6) is 0 Å². The summed E-state index contributed by atoms with van der Waals surface area (Å²) in [7, 11) is 0. The second kappa shape index (κ2) is 12.8. The molecule has 1 unspecified atom stereocenters. The monoisotopic (exact) mass is 592 g/mol. The van der Waals surface area contributed by atoms with Crippen molar-refractivity contribution in [3.8, 4) is 0 Å². The van der Waals surface area contributed by atoms with E-state index < -0.39 is 17.3 Å². The number of hydrogen-bond acceptors (Lipinski definition) is 5. The fourth-order valence-corrected chi connectivity index (χ4v) is 5.82. The van der Waals surface area contributed by atoms with Crippen LogP contribution < -0.4 is 10.6 Å². The Morgan fingerprint density at radius 3 is 2.25 bits per heavy atom. The molecule has 8 heteroatoms. The summed E-state index contributed by atoms with van der Waals surface area (Å²) in [5, 5.41) is 14.4. The molecule has 3 aromatic rings. The molecule has 0 aliphatic heterocycles. The second-order valence-electron chi connectivity index (χ2n) is 12.0. The Hall–Kier alpha value is -4.85. The maximum absolute atomic E-state index is 13.8. The van der Waals surface area contributed by atoms with E-state index in [0.29, 0.717) is 28.8 Å². The maximum atomic E-state index is 13.8. The highest BCUT2D eigenvalue weighted by molar-refractivity contribution is 6.29. The van der Waals surface area contributed by atoms with Crippen LogP contribution in [0.3, 0.4) is 0 Å². The zero-order valence-corrected chi connectivity index (χ0v) is 24.9. The minimum absolute atomic E-state index is 0.0327. The molecular weight excluding hydrogens is 556 g/mol. The lowest BCUT2D eigenvalue weighted by Crippen LogP contribution is -2.26. The highest BCUT2D eigenvalue weighted by Crippen LogP contribution is 2.37. The number of Topliss-reactive ketones (excluding diaryl/α,β-unsaturated/α-hetero) is 2. The van der Waals surface area contributed by atoms with Crippen molar-refractivity contribution in [2.45, 2.75) is 58.3 Å². The van der Waals surface area contributed by atoms with E-state index in [1.807, 2.05) is 12.1 Å². The van der Waals surface area contributed by atoms with Crippen LogP contribution in [0.4, 0.5) is 5.69 Å². The molecule has 2 aliphatic rings. The van der Waals surface area contributed by atoms with Crippen LogP contribution in [0.1, 0.15) is 99.6 Å². The van der Waals surface area contributed by atoms with Gasteiger partial charge < -0.3 is 15.7 Å². The number of ketones is 2. The lowest BCUT2D eigenvalue weighted by atomic mass is 9.88. The summed E-state index contributed by atoms with van der Waals surface area (Å²) in [4.78, 5) is 62.6. The van der Waals surface area contributed by atoms with Crippen LogP contribution in [0.15, 0.2) is 72.8 Å². The highest BCUT2D eigenvalue weighted by atomic mass is 16.4. The molecular formula is C36H36N2O6. The third kappa shape index (κ3) is 6.54. The van der Waals surface area contributed by atoms with Gasteiger partial charge in [0.05, 0.1) is 17.8 Å². The van der Waals surface area contributed by atoms with Crippen LogP contribution >= 0.6 is 0 Å². The Labute approximate surface area is 256 Å². The number of anilines is 1. The molecule has 2 aliphatic carbocycles. The lowest BCUT2D eigenvalue weighted by Gasteiger charge is -2.19. The van der Waals surface area contributed by atoms with Gasteiger partial charge in [0.2, 0.25) is 5.91 Å². The molecule has 3 aromatic carbocycles. The van der Waals surface area contributed by atoms with Crippen LogP contribution in [-0.2, 0) is 16.0 Å². The molecule has 0 aromatic heterocycles. The van der Waals surface area contributed by atoms with Gasteiger partial charge in [-0.25, -0.2) is 0 Å². The van der Waals surface area contributed by atoms with Gasteiger partial charge in [-0.3, -0.25) is 24.0 Å². The largest absolute Gasteiger partial charge is 0.481 e. The van der Waals surface area contributed by atoms with E-state index >= 15 is 0 Å². The third-order valence-corrected chi connectivity index (χ3v) is 8.48. The lowest BCUT2D eigenvalue weighted by molar-refractivity contribution is -0.136. The van der Waals surface area contributed by atoms with Crippen molar-refractivity contribution < 1.29 is 29.1 Å². The average Bonchev–Trinajstić information content (AvgIpc) is 3.19. The number of aliphatic carboxylic acids is 1. The van der Waals surface area contributed by atoms with Crippen molar-refractivity contribution in [2.75, 3.05) is 11.9 Å². The quantitative estimate of drug-likeness (QED) is 0.240. The van der Waals surface area contributed by atoms with E-state index in [2.05, 4.69) is 28.8 Å². The van der Waals surface area contributed by atoms with Gasteiger partial charge >= 0.3 is 5.97 Å². The molecule has 3 N–H and O–H groups in total. The Bertz CT molecular complexity index is 1650. The Balaban J connectivity index is 1.38. The summed E-state index contributed by atoms with van der Waals surface area (Å²) in [5.74, 6) is -2.68. The Kier molecular flexibility index (Phi) is 8.90. The molecule has 8 nitrogen and oxygen atoms in total. The molecule has 0 heterocycles. The number of benzene rings is 3. The fraction of sp³-hybridized carbons (Fsp3) is 0.306. The molecule has 0 radical (unpaired) electrons. The molecule has 44 heavy (non-hydrogen) atoms. The number of amides is 2. The van der Waals surface area contributed by atoms with Gasteiger partial charge in [-0.2, -0.15) is 0 Å². The normalized spacial score (nSPS) is 16.1. The zero-order chi connectivity index (χ0) is 31.4. The first-order valence-electron chi connectivity index (χ1n) is 15.0. The van der Waals surface area contributed by atoms with Crippen molar-refractivity contribution in [1.82, 2.24) is 5.32 Å². The summed E-state index contributed by atoms with van der Waals surface area (Å²) in [6.07, 6.45) is 6.94. The number of rotatable bonds is 10. The highest BCUT2D eigenvalue weighted by Gasteiger charge is 2.45. The van der Waals surface area contributed by atoms with Crippen LogP contribution in [0.25, 0.3) is 5.57 Å². The topological polar surface area (TPSA) is 130 Å². The van der Waals surface area contributed by atoms with E-state index in [4.69, 9.17) is 5.11 Å². The van der Waals surface area contributed by atoms with Gasteiger partial charge in [0, 0.05) is 28.9 Å². The smallest absolute Gasteiger partial charge is 0.305 e. The van der Waals surface area contributed by atoms with E-state index in [1.165, 1.54) is 12.0 Å². The minimum Gasteiger partial charge on any atom is -0.481 e. The molecule has 226 valence electrons. The first-order chi connectivity index (χ1) is 21.0. The molecule has 2 amide bonds. The molecule has 1 atom stereocenters. The number of carbonyl (C=O) groups is 5. The predicted molar refractivity (Wildman–Crippen MR) is 168 cm³/mol. The predicted octanol–water partition coefficient (Wildman–Crippen LogP) is 6.22. The van der Waals surface area contributed by atoms with Gasteiger partial charge in [-0.05, 0) is 98.5 Å². The average molecular weight is 593 g/mol. The standard InChI is InChI=1S/C36H36N2O6/c1-36(2)32(41)28-17-16-27(21-30(28)33(36)42)38-35(44)29(25-14-12-24(13-15-25)23-6-4-3-5-7-23)20-22-8-10-26(11-9-22)34(43)37-19-18-31(39)40/h6,8-17,21,29H,3-5,7,18-20H2,1-2H3,(H,37,43)(H,38,44)(H,39,40). The van der Waals surface area contributed by atoms with Gasteiger partial charge in [0.15, 0.2) is 11.6 Å². The molecule has 0 saturated heterocycles. The zero-order valence-electron chi connectivity index (χ0n) is 24.9.